The van der Waals surface area contributed by atoms with Crippen LogP contribution in [0.25, 0.3) is 0 Å². The number of alkyl halides is 1. The summed E-state index contributed by atoms with van der Waals surface area (Å²) in [6.07, 6.45) is 35.9. The zero-order valence-electron chi connectivity index (χ0n) is 89.8. The number of carbonyl (C=O) groups is 6. The third-order valence-electron chi connectivity index (χ3n) is 32.7. The fourth-order valence-electron chi connectivity index (χ4n) is 22.7. The zero-order valence-corrected chi connectivity index (χ0v) is 91.4. The molecule has 10 aliphatic rings. The maximum Gasteiger partial charge on any atom is 0.315 e. The number of hydrogen-bond donors (Lipinski definition) is 11. The van der Waals surface area contributed by atoms with Gasteiger partial charge in [0.15, 0.2) is 0 Å². The monoisotopic (exact) mass is 2090 g/mol. The van der Waals surface area contributed by atoms with Crippen molar-refractivity contribution in [3.05, 3.63) is 212 Å². The summed E-state index contributed by atoms with van der Waals surface area (Å²) < 4.78 is 46.5. The number of allylic oxidation sites excluding steroid dienone is 7. The second-order valence-corrected chi connectivity index (χ2v) is 47.5. The predicted octanol–water partition coefficient (Wildman–Crippen LogP) is 22.4. The van der Waals surface area contributed by atoms with Gasteiger partial charge >= 0.3 is 29.8 Å². The highest BCUT2D eigenvalue weighted by molar-refractivity contribution is 9.09. The van der Waals surface area contributed by atoms with E-state index in [2.05, 4.69) is 110 Å². The molecule has 10 atom stereocenters. The number of aromatic nitrogens is 4. The second kappa shape index (κ2) is 45.6. The van der Waals surface area contributed by atoms with Crippen molar-refractivity contribution in [2.75, 3.05) is 38.4 Å². The number of nitrogens with zero attached hydrogens (tertiary/aromatic N) is 4. The first-order valence-corrected chi connectivity index (χ1v) is 53.0. The van der Waals surface area contributed by atoms with Gasteiger partial charge in [0.2, 0.25) is 0 Å². The van der Waals surface area contributed by atoms with E-state index in [-0.39, 0.29) is 119 Å². The van der Waals surface area contributed by atoms with Gasteiger partial charge in [-0.3, -0.25) is 28.8 Å². The molecule has 2 aromatic heterocycles. The number of aldehydes is 1. The smallest absolute Gasteiger partial charge is 0.315 e. The topological polar surface area (TPSA) is 425 Å². The van der Waals surface area contributed by atoms with Crippen LogP contribution in [0.3, 0.4) is 0 Å². The summed E-state index contributed by atoms with van der Waals surface area (Å²) in [5, 5.41) is 112. The standard InChI is InChI=1S/C27H36N2O5.C24H34O5.C20H26O5.C20H24O5.C20H26O4.C7H11BrN2/c1-26(2,25(32)33-12-6-5-10-29-11-9-28-17-29)19-14-22(31)24-20-13-18(16-30)7-8-21(20)27(3,4)34-23(24)15-19;1-6-7-10-28-22(27)23(2,3)16-12-19(26)21-17-11-15(14-25)8-9-18(17)24(4,5)29-20(21)13-16;2*1-19(2,18(23)24)12-8-15(22)17-13-7-11(10-21)5-6-14(13)20(3,4)25-16(17)9-12;1-11-6-7-14-13(8-11)17-15(21)9-12(19(2,3)18(22)23)10-16(17)24-20(14,4)5;8-3-1-2-5-10-6-4-9-7-10/h7,9,11,14-15,17,20-21,30-31H,5-6,8,10,12-13,16H2,1-4H3;8,12-13,17-18,25-26H,6-7,9-11,14H2,1-5H3;5,8-9,13-14,21-22H,6-7,10H2,1-4H3,(H,23,24);5,8-10,13-14,22H,6-7H2,1-4H3,(H,23,24);6,9-10,13-14,21H,7-8H2,1-5H3,(H,22,23);4,6-7H,1-3,5H2/t20-,21-;17-,18-;3*13-,14-;/m11111./s1. The van der Waals surface area contributed by atoms with Gasteiger partial charge in [0.1, 0.15) is 91.8 Å². The highest BCUT2D eigenvalue weighted by atomic mass is 79.9. The maximum atomic E-state index is 13.0. The molecule has 7 aromatic rings. The van der Waals surface area contributed by atoms with Crippen LogP contribution in [0.2, 0.25) is 0 Å². The minimum absolute atomic E-state index is 0.0186. The maximum absolute atomic E-state index is 13.0. The fourth-order valence-corrected chi connectivity index (χ4v) is 23.1. The Hall–Kier alpha value is -11.4. The largest absolute Gasteiger partial charge is 0.508 e. The Morgan fingerprint density at radius 3 is 0.939 bits per heavy atom. The molecule has 28 nitrogen and oxygen atoms in total. The summed E-state index contributed by atoms with van der Waals surface area (Å²) in [6, 6.07) is 17.0. The number of phenols is 5. The van der Waals surface area contributed by atoms with E-state index in [1.807, 2.05) is 103 Å². The average molecular weight is 2100 g/mol. The Morgan fingerprint density at radius 2 is 0.667 bits per heavy atom. The number of ether oxygens (including phenoxy) is 7. The molecular formula is C118H157BrN4O24. The van der Waals surface area contributed by atoms with Crippen molar-refractivity contribution in [3.8, 4) is 57.5 Å². The van der Waals surface area contributed by atoms with E-state index in [1.165, 1.54) is 24.5 Å². The van der Waals surface area contributed by atoms with Gasteiger partial charge in [0.25, 0.3) is 0 Å². The number of benzene rings is 5. The molecule has 0 saturated carbocycles. The first kappa shape index (κ1) is 114. The highest BCUT2D eigenvalue weighted by Crippen LogP contribution is 2.62. The molecule has 11 N–H and O–H groups in total. The Balaban J connectivity index is 0.000000160. The number of phenolic OH excluding ortho intramolecular Hbond substituents is 5. The molecule has 147 heavy (non-hydrogen) atoms. The van der Waals surface area contributed by atoms with Gasteiger partial charge in [-0.25, -0.2) is 9.97 Å². The molecular weight excluding hydrogens is 1940 g/mol. The SMILES string of the molecule is BrCCCCn1ccnc1.CC(C)(C(=O)O)c1cc(O)c2c(c1)OC(C)(C)[C@@H]1CC=C(C=O)C[C@@H]21.CC(C)(C(=O)O)c1cc(O)c2c(c1)OC(C)(C)[C@@H]1CC=C(CO)C[C@@H]21.CC(C)(C(=O)OCCCCn1ccnc1)c1cc(O)c2c(c1)OC(C)(C)[C@@H]1CC=C(CO)C[C@@H]21.CC1=CC[C@@H]2[C@@H](C1)c1c(O)cc(C(C)(C)C(=O)O)cc1OC2(C)C.CCCCOC(=O)C(C)(C)c1cc(O)c2c(c1)OC(C)(C)[C@@H]1CC=C(CO)C[C@@H]21. The molecule has 5 aliphatic heterocycles. The number of esters is 2. The van der Waals surface area contributed by atoms with Gasteiger partial charge in [-0.15, -0.1) is 0 Å². The van der Waals surface area contributed by atoms with Crippen LogP contribution < -0.4 is 23.7 Å². The van der Waals surface area contributed by atoms with Crippen LogP contribution in [0.15, 0.2) is 156 Å². The van der Waals surface area contributed by atoms with Crippen LogP contribution in [0, 0.1) is 29.6 Å². The van der Waals surface area contributed by atoms with Gasteiger partial charge in [0, 0.05) is 130 Å². The van der Waals surface area contributed by atoms with Crippen LogP contribution in [0.4, 0.5) is 0 Å². The van der Waals surface area contributed by atoms with Crippen LogP contribution in [0.5, 0.6) is 57.5 Å². The lowest BCUT2D eigenvalue weighted by molar-refractivity contribution is -0.150. The van der Waals surface area contributed by atoms with Gasteiger partial charge in [-0.1, -0.05) is 65.2 Å². The normalized spacial score (nSPS) is 22.5. The number of fused-ring (bicyclic) bond motifs is 15. The Kier molecular flexibility index (Phi) is 35.4. The molecule has 800 valence electrons. The van der Waals surface area contributed by atoms with E-state index < -0.39 is 67.4 Å². The van der Waals surface area contributed by atoms with Crippen molar-refractivity contribution in [1.29, 1.82) is 0 Å². The quantitative estimate of drug-likeness (QED) is 0.00788. The summed E-state index contributed by atoms with van der Waals surface area (Å²) >= 11 is 3.39. The number of aliphatic hydroxyl groups is 3. The summed E-state index contributed by atoms with van der Waals surface area (Å²) in [7, 11) is 0. The van der Waals surface area contributed by atoms with Crippen molar-refractivity contribution < 1.29 is 118 Å². The molecule has 7 heterocycles. The van der Waals surface area contributed by atoms with Crippen molar-refractivity contribution in [3.63, 3.8) is 0 Å². The number of unbranched alkanes of at least 4 members (excludes halogenated alkanes) is 3. The van der Waals surface area contributed by atoms with Gasteiger partial charge in [-0.05, 0) is 352 Å². The first-order chi connectivity index (χ1) is 68.9. The summed E-state index contributed by atoms with van der Waals surface area (Å²) in [6.45, 7) is 44.4. The van der Waals surface area contributed by atoms with E-state index in [4.69, 9.17) is 33.2 Å². The molecule has 0 fully saturated rings. The number of aromatic hydroxyl groups is 5. The molecule has 0 radical (unpaired) electrons. The molecule has 0 saturated heterocycles. The molecule has 5 aromatic carbocycles. The number of carbonyl (C=O) groups excluding carboxylic acids is 3. The third-order valence-corrected chi connectivity index (χ3v) is 33.2. The number of aliphatic hydroxyl groups excluding tert-OH is 3. The molecule has 29 heteroatoms. The Labute approximate surface area is 874 Å². The van der Waals surface area contributed by atoms with E-state index in [1.54, 1.807) is 96.5 Å². The highest BCUT2D eigenvalue weighted by Gasteiger charge is 2.54. The fraction of sp³-hybridized carbons (Fsp3) is 0.559. The lowest BCUT2D eigenvalue weighted by atomic mass is 9.66. The number of imidazole rings is 2. The van der Waals surface area contributed by atoms with Gasteiger partial charge in [-0.2, -0.15) is 0 Å². The Bertz CT molecular complexity index is 6100. The molecule has 5 aliphatic carbocycles. The number of rotatable bonds is 26. The molecule has 0 unspecified atom stereocenters. The molecule has 17 rings (SSSR count). The minimum atomic E-state index is -1.14. The number of hydrogen-bond acceptors (Lipinski definition) is 23. The van der Waals surface area contributed by atoms with E-state index >= 15 is 0 Å². The van der Waals surface area contributed by atoms with Gasteiger partial charge < -0.3 is 98.5 Å². The molecule has 0 bridgehead atoms. The third kappa shape index (κ3) is 24.9. The van der Waals surface area contributed by atoms with Crippen LogP contribution in [-0.4, -0.2) is 178 Å². The zero-order chi connectivity index (χ0) is 108. The number of carboxylic acids is 3. The van der Waals surface area contributed by atoms with Crippen molar-refractivity contribution in [2.24, 2.45) is 29.6 Å². The van der Waals surface area contributed by atoms with Gasteiger partial charge in [0.05, 0.1) is 72.8 Å². The van der Waals surface area contributed by atoms with E-state index in [0.717, 1.165) is 127 Å². The number of aryl methyl sites for hydroxylation is 2. The first-order valence-electron chi connectivity index (χ1n) is 51.9. The van der Waals surface area contributed by atoms with Crippen LogP contribution >= 0.6 is 15.9 Å². The number of aliphatic carboxylic acids is 3. The van der Waals surface area contributed by atoms with Crippen molar-refractivity contribution >= 4 is 52.1 Å². The molecule has 0 spiro atoms. The summed E-state index contributed by atoms with van der Waals surface area (Å²) in [5.74, 6) is 1.43. The molecule has 0 amide bonds. The average Bonchev–Trinajstić information content (AvgIpc) is 0.766. The second-order valence-electron chi connectivity index (χ2n) is 46.7. The van der Waals surface area contributed by atoms with Crippen molar-refractivity contribution in [1.82, 2.24) is 19.1 Å². The van der Waals surface area contributed by atoms with E-state index in [9.17, 15) is 84.9 Å². The van der Waals surface area contributed by atoms with Crippen LogP contribution in [-0.2, 0) is 78.4 Å². The van der Waals surface area contributed by atoms with Crippen molar-refractivity contribution in [2.45, 2.75) is 353 Å². The Morgan fingerprint density at radius 1 is 0.395 bits per heavy atom. The summed E-state index contributed by atoms with van der Waals surface area (Å²) in [4.78, 5) is 79.6. The summed E-state index contributed by atoms with van der Waals surface area (Å²) in [5.41, 5.74) is 4.44. The predicted molar refractivity (Wildman–Crippen MR) is 566 cm³/mol. The minimum Gasteiger partial charge on any atom is -0.508 e. The van der Waals surface area contributed by atoms with Crippen LogP contribution in [0.1, 0.15) is 340 Å². The lowest BCUT2D eigenvalue weighted by Gasteiger charge is -2.47. The van der Waals surface area contributed by atoms with E-state index in [0.29, 0.717) is 113 Å². The number of carboxylic acid groups (broad SMARTS) is 3. The lowest BCUT2D eigenvalue weighted by Crippen LogP contribution is -2.45. The number of halogens is 1.